The number of carboxylic acids is 1. The quantitative estimate of drug-likeness (QED) is 0.810. The van der Waals surface area contributed by atoms with Gasteiger partial charge in [-0.3, -0.25) is 4.79 Å². The number of thioether (sulfide) groups is 1. The average molecular weight is 279 g/mol. The molecule has 0 saturated carbocycles. The minimum Gasteiger partial charge on any atom is -0.481 e. The van der Waals surface area contributed by atoms with Crippen LogP contribution in [0.4, 0.5) is 0 Å². The van der Waals surface area contributed by atoms with Crippen molar-refractivity contribution >= 4 is 34.1 Å². The van der Waals surface area contributed by atoms with Crippen LogP contribution in [0.15, 0.2) is 30.3 Å². The second-order valence-electron chi connectivity index (χ2n) is 3.69. The number of benzene rings is 1. The van der Waals surface area contributed by atoms with Crippen molar-refractivity contribution in [2.75, 3.05) is 0 Å². The van der Waals surface area contributed by atoms with E-state index in [1.807, 2.05) is 30.3 Å². The molecule has 0 spiro atoms. The van der Waals surface area contributed by atoms with Crippen LogP contribution in [0.3, 0.4) is 0 Å². The van der Waals surface area contributed by atoms with Crippen molar-refractivity contribution < 1.29 is 9.90 Å². The highest BCUT2D eigenvalue weighted by Gasteiger charge is 2.14. The van der Waals surface area contributed by atoms with Gasteiger partial charge < -0.3 is 5.11 Å². The van der Waals surface area contributed by atoms with Gasteiger partial charge in [0.2, 0.25) is 0 Å². The van der Waals surface area contributed by atoms with E-state index in [1.165, 1.54) is 11.8 Å². The number of hydrogen-bond acceptors (Lipinski definition) is 4. The molecule has 0 aliphatic rings. The first kappa shape index (κ1) is 14.7. The number of carboxylic acid groups (broad SMARTS) is 1. The molecule has 94 valence electrons. The van der Waals surface area contributed by atoms with E-state index in [1.54, 1.807) is 0 Å². The van der Waals surface area contributed by atoms with Gasteiger partial charge in [0.15, 0.2) is 0 Å². The van der Waals surface area contributed by atoms with E-state index in [2.05, 4.69) is 6.07 Å². The van der Waals surface area contributed by atoms with E-state index in [-0.39, 0.29) is 11.7 Å². The summed E-state index contributed by atoms with van der Waals surface area (Å²) in [5, 5.41) is 17.3. The second-order valence-corrected chi connectivity index (χ2v) is 5.67. The minimum absolute atomic E-state index is 0.0567. The fourth-order valence-corrected chi connectivity index (χ4v) is 2.90. The summed E-state index contributed by atoms with van der Waals surface area (Å²) in [6.45, 7) is 0. The van der Waals surface area contributed by atoms with Gasteiger partial charge in [0.1, 0.15) is 0 Å². The normalized spacial score (nSPS) is 11.5. The topological polar surface area (TPSA) is 61.1 Å². The Kier molecular flexibility index (Phi) is 6.40. The monoisotopic (exact) mass is 279 g/mol. The number of hydrogen-bond donors (Lipinski definition) is 1. The first-order valence-electron chi connectivity index (χ1n) is 5.48. The summed E-state index contributed by atoms with van der Waals surface area (Å²) in [5.41, 5.74) is 0.941. The summed E-state index contributed by atoms with van der Waals surface area (Å²) in [6, 6.07) is 11.6. The predicted octanol–water partition coefficient (Wildman–Crippen LogP) is 3.24. The molecule has 5 heteroatoms. The molecule has 1 aromatic rings. The third-order valence-electron chi connectivity index (χ3n) is 2.28. The minimum atomic E-state index is -0.843. The molecule has 18 heavy (non-hydrogen) atoms. The Bertz CT molecular complexity index is 454. The van der Waals surface area contributed by atoms with Gasteiger partial charge in [-0.15, -0.1) is 11.8 Å². The summed E-state index contributed by atoms with van der Waals surface area (Å²) in [6.07, 6.45) is 0.836. The highest BCUT2D eigenvalue weighted by atomic mass is 32.2. The Morgan fingerprint density at radius 1 is 1.44 bits per heavy atom. The van der Waals surface area contributed by atoms with Gasteiger partial charge in [-0.2, -0.15) is 5.26 Å². The lowest BCUT2D eigenvalue weighted by atomic mass is 10.2. The summed E-state index contributed by atoms with van der Waals surface area (Å²) < 4.78 is 0.709. The number of thiocarbonyl (C=S) groups is 1. The zero-order valence-electron chi connectivity index (χ0n) is 9.70. The number of aliphatic carboxylic acids is 1. The lowest BCUT2D eigenvalue weighted by Crippen LogP contribution is -2.09. The van der Waals surface area contributed by atoms with Crippen molar-refractivity contribution in [2.45, 2.75) is 24.5 Å². The summed E-state index contributed by atoms with van der Waals surface area (Å²) >= 11 is 6.71. The van der Waals surface area contributed by atoms with E-state index in [9.17, 15) is 4.79 Å². The molecule has 0 saturated heterocycles. The van der Waals surface area contributed by atoms with Crippen LogP contribution in [-0.2, 0) is 4.79 Å². The van der Waals surface area contributed by atoms with E-state index < -0.39 is 5.97 Å². The predicted molar refractivity (Wildman–Crippen MR) is 76.6 cm³/mol. The maximum atomic E-state index is 10.5. The molecular weight excluding hydrogens is 266 g/mol. The lowest BCUT2D eigenvalue weighted by Gasteiger charge is -2.12. The first-order valence-corrected chi connectivity index (χ1v) is 6.77. The van der Waals surface area contributed by atoms with Crippen molar-refractivity contribution in [2.24, 2.45) is 0 Å². The molecule has 1 rings (SSSR count). The largest absolute Gasteiger partial charge is 0.481 e. The average Bonchev–Trinajstić information content (AvgIpc) is 2.37. The van der Waals surface area contributed by atoms with E-state index in [0.717, 1.165) is 5.56 Å². The SMILES string of the molecule is N#CCC(CCC(=O)O)SC(=S)c1ccccc1. The zero-order chi connectivity index (χ0) is 13.4. The lowest BCUT2D eigenvalue weighted by molar-refractivity contribution is -0.137. The maximum absolute atomic E-state index is 10.5. The fourth-order valence-electron chi connectivity index (χ4n) is 1.38. The zero-order valence-corrected chi connectivity index (χ0v) is 11.3. The maximum Gasteiger partial charge on any atom is 0.303 e. The third kappa shape index (κ3) is 5.30. The molecule has 0 amide bonds. The van der Waals surface area contributed by atoms with Crippen LogP contribution in [0.5, 0.6) is 0 Å². The molecule has 0 radical (unpaired) electrons. The van der Waals surface area contributed by atoms with E-state index in [4.69, 9.17) is 22.6 Å². The van der Waals surface area contributed by atoms with Crippen molar-refractivity contribution in [1.29, 1.82) is 5.26 Å². The second kappa shape index (κ2) is 7.85. The molecule has 0 aromatic heterocycles. The molecule has 0 heterocycles. The third-order valence-corrected chi connectivity index (χ3v) is 3.99. The molecule has 1 N–H and O–H groups in total. The number of carbonyl (C=O) groups is 1. The molecule has 1 aromatic carbocycles. The molecule has 0 aliphatic heterocycles. The molecular formula is C13H13NO2S2. The molecule has 0 bridgehead atoms. The summed E-state index contributed by atoms with van der Waals surface area (Å²) in [7, 11) is 0. The highest BCUT2D eigenvalue weighted by molar-refractivity contribution is 8.24. The van der Waals surface area contributed by atoms with Crippen molar-refractivity contribution in [3.8, 4) is 6.07 Å². The van der Waals surface area contributed by atoms with Crippen LogP contribution in [0.1, 0.15) is 24.8 Å². The Balaban J connectivity index is 2.58. The Hall–Kier alpha value is -1.38. The molecule has 3 nitrogen and oxygen atoms in total. The van der Waals surface area contributed by atoms with Crippen LogP contribution in [-0.4, -0.2) is 20.5 Å². The van der Waals surface area contributed by atoms with Crippen molar-refractivity contribution in [3.05, 3.63) is 35.9 Å². The number of nitriles is 1. The van der Waals surface area contributed by atoms with Gasteiger partial charge in [0, 0.05) is 18.1 Å². The molecule has 0 aliphatic carbocycles. The van der Waals surface area contributed by atoms with Crippen molar-refractivity contribution in [3.63, 3.8) is 0 Å². The number of rotatable bonds is 6. The fraction of sp³-hybridized carbons (Fsp3) is 0.308. The molecule has 0 fully saturated rings. The van der Waals surface area contributed by atoms with Crippen LogP contribution in [0, 0.1) is 11.3 Å². The van der Waals surface area contributed by atoms with Gasteiger partial charge in [0.25, 0.3) is 0 Å². The van der Waals surface area contributed by atoms with Crippen LogP contribution in [0.2, 0.25) is 0 Å². The Morgan fingerprint density at radius 2 is 2.11 bits per heavy atom. The molecule has 1 unspecified atom stereocenters. The first-order chi connectivity index (χ1) is 8.63. The van der Waals surface area contributed by atoms with Gasteiger partial charge in [-0.1, -0.05) is 42.5 Å². The Labute approximate surface area is 116 Å². The molecule has 1 atom stereocenters. The standard InChI is InChI=1S/C13H13NO2S2/c14-9-8-11(6-7-12(15)16)18-13(17)10-4-2-1-3-5-10/h1-5,11H,6-8H2,(H,15,16). The van der Waals surface area contributed by atoms with E-state index in [0.29, 0.717) is 17.0 Å². The van der Waals surface area contributed by atoms with Gasteiger partial charge in [0.05, 0.1) is 10.3 Å². The van der Waals surface area contributed by atoms with Crippen LogP contribution in [0.25, 0.3) is 0 Å². The smallest absolute Gasteiger partial charge is 0.303 e. The summed E-state index contributed by atoms with van der Waals surface area (Å²) in [4.78, 5) is 10.5. The van der Waals surface area contributed by atoms with Crippen molar-refractivity contribution in [1.82, 2.24) is 0 Å². The van der Waals surface area contributed by atoms with Gasteiger partial charge >= 0.3 is 5.97 Å². The number of nitrogens with zero attached hydrogens (tertiary/aromatic N) is 1. The van der Waals surface area contributed by atoms with Gasteiger partial charge in [-0.25, -0.2) is 0 Å². The van der Waals surface area contributed by atoms with Gasteiger partial charge in [-0.05, 0) is 12.0 Å². The Morgan fingerprint density at radius 3 is 2.67 bits per heavy atom. The van der Waals surface area contributed by atoms with Crippen LogP contribution < -0.4 is 0 Å². The van der Waals surface area contributed by atoms with Crippen LogP contribution >= 0.6 is 24.0 Å². The highest BCUT2D eigenvalue weighted by Crippen LogP contribution is 2.24. The van der Waals surface area contributed by atoms with E-state index >= 15 is 0 Å². The summed E-state index contributed by atoms with van der Waals surface area (Å²) in [5.74, 6) is -0.843.